The molecule has 0 heterocycles. The van der Waals surface area contributed by atoms with Crippen molar-refractivity contribution in [2.75, 3.05) is 6.54 Å². The van der Waals surface area contributed by atoms with Crippen molar-refractivity contribution in [3.63, 3.8) is 0 Å². The molecule has 1 aromatic rings. The Morgan fingerprint density at radius 2 is 2.00 bits per heavy atom. The molecule has 0 spiro atoms. The number of rotatable bonds is 4. The second kappa shape index (κ2) is 6.43. The first-order valence-corrected chi connectivity index (χ1v) is 8.83. The third-order valence-corrected chi connectivity index (χ3v) is 4.51. The molecule has 106 valence electrons. The number of benzene rings is 1. The van der Waals surface area contributed by atoms with E-state index in [1.165, 1.54) is 12.1 Å². The van der Waals surface area contributed by atoms with Crippen LogP contribution in [0.25, 0.3) is 0 Å². The number of carbonyl (C=O) groups excluding carboxylic acids is 1. The van der Waals surface area contributed by atoms with Gasteiger partial charge in [0.05, 0.1) is 10.6 Å². The van der Waals surface area contributed by atoms with E-state index in [0.717, 1.165) is 0 Å². The smallest absolute Gasteiger partial charge is 0.262 e. The van der Waals surface area contributed by atoms with Crippen LogP contribution in [0.5, 0.6) is 0 Å². The Morgan fingerprint density at radius 3 is 2.47 bits per heavy atom. The molecule has 1 rings (SSSR count). The Hall–Kier alpha value is -0.300. The van der Waals surface area contributed by atoms with Crippen LogP contribution in [0.15, 0.2) is 21.5 Å². The van der Waals surface area contributed by atoms with Crippen LogP contribution in [0.2, 0.25) is 5.02 Å². The first-order valence-electron chi connectivity index (χ1n) is 5.35. The molecule has 4 nitrogen and oxygen atoms in total. The zero-order valence-electron chi connectivity index (χ0n) is 10.2. The van der Waals surface area contributed by atoms with Gasteiger partial charge in [-0.05, 0) is 18.1 Å². The summed E-state index contributed by atoms with van der Waals surface area (Å²) in [4.78, 5) is 11.7. The van der Waals surface area contributed by atoms with Gasteiger partial charge in [0.1, 0.15) is 4.90 Å². The van der Waals surface area contributed by atoms with Gasteiger partial charge < -0.3 is 5.32 Å². The van der Waals surface area contributed by atoms with Gasteiger partial charge in [0.15, 0.2) is 0 Å². The summed E-state index contributed by atoms with van der Waals surface area (Å²) in [6.07, 6.45) is 0. The van der Waals surface area contributed by atoms with Crippen LogP contribution in [0.3, 0.4) is 0 Å². The lowest BCUT2D eigenvalue weighted by Crippen LogP contribution is -2.27. The standard InChI is InChI=1S/C11H12BrCl2NO3S/c1-6(2)5-15-11(16)8-3-7(12)4-9(10(8)13)19(14,17)18/h3-4,6H,5H2,1-2H3,(H,15,16). The summed E-state index contributed by atoms with van der Waals surface area (Å²) in [6, 6.07) is 2.70. The number of hydrogen-bond acceptors (Lipinski definition) is 3. The van der Waals surface area contributed by atoms with E-state index in [9.17, 15) is 13.2 Å². The Balaban J connectivity index is 3.22. The molecule has 19 heavy (non-hydrogen) atoms. The normalized spacial score (nSPS) is 11.7. The molecule has 0 radical (unpaired) electrons. The van der Waals surface area contributed by atoms with E-state index in [0.29, 0.717) is 11.0 Å². The molecule has 0 atom stereocenters. The van der Waals surface area contributed by atoms with Gasteiger partial charge in [-0.1, -0.05) is 41.4 Å². The number of amides is 1. The van der Waals surface area contributed by atoms with E-state index >= 15 is 0 Å². The molecule has 0 saturated carbocycles. The summed E-state index contributed by atoms with van der Waals surface area (Å²) in [5.74, 6) is -0.173. The maximum atomic E-state index is 11.9. The van der Waals surface area contributed by atoms with Crippen LogP contribution in [0, 0.1) is 5.92 Å². The Bertz CT molecular complexity index is 602. The molecule has 8 heteroatoms. The van der Waals surface area contributed by atoms with E-state index < -0.39 is 15.0 Å². The van der Waals surface area contributed by atoms with Crippen molar-refractivity contribution in [3.05, 3.63) is 27.2 Å². The average molecular weight is 389 g/mol. The lowest BCUT2D eigenvalue weighted by Gasteiger charge is -2.11. The predicted molar refractivity (Wildman–Crippen MR) is 79.4 cm³/mol. The van der Waals surface area contributed by atoms with Crippen LogP contribution < -0.4 is 5.32 Å². The second-order valence-electron chi connectivity index (χ2n) is 4.31. The average Bonchev–Trinajstić information content (AvgIpc) is 2.27. The van der Waals surface area contributed by atoms with Gasteiger partial charge in [-0.2, -0.15) is 0 Å². The fourth-order valence-corrected chi connectivity index (χ4v) is 3.48. The van der Waals surface area contributed by atoms with E-state index in [-0.39, 0.29) is 21.4 Å². The lowest BCUT2D eigenvalue weighted by atomic mass is 10.2. The molecular formula is C11H12BrCl2NO3S. The van der Waals surface area contributed by atoms with Crippen LogP contribution >= 0.6 is 38.2 Å². The third kappa shape index (κ3) is 4.63. The van der Waals surface area contributed by atoms with E-state index in [2.05, 4.69) is 21.2 Å². The monoisotopic (exact) mass is 387 g/mol. The summed E-state index contributed by atoms with van der Waals surface area (Å²) in [6.45, 7) is 4.35. The molecule has 0 aliphatic heterocycles. The summed E-state index contributed by atoms with van der Waals surface area (Å²) in [5.41, 5.74) is 0.0657. The minimum atomic E-state index is -4.01. The van der Waals surface area contributed by atoms with Crippen molar-refractivity contribution >= 4 is 53.2 Å². The number of halogens is 3. The maximum absolute atomic E-state index is 11.9. The van der Waals surface area contributed by atoms with Crippen molar-refractivity contribution in [1.82, 2.24) is 5.32 Å². The highest BCUT2D eigenvalue weighted by Crippen LogP contribution is 2.31. The number of carbonyl (C=O) groups is 1. The Labute approximate surface area is 130 Å². The first kappa shape index (κ1) is 16.8. The maximum Gasteiger partial charge on any atom is 0.262 e. The topological polar surface area (TPSA) is 63.2 Å². The van der Waals surface area contributed by atoms with E-state index in [1.807, 2.05) is 13.8 Å². The number of nitrogens with one attached hydrogen (secondary N) is 1. The highest BCUT2D eigenvalue weighted by molar-refractivity contribution is 9.10. The summed E-state index contributed by atoms with van der Waals surface area (Å²) in [5, 5.41) is 2.48. The minimum absolute atomic E-state index is 0.0657. The first-order chi connectivity index (χ1) is 8.62. The molecule has 1 aromatic carbocycles. The van der Waals surface area contributed by atoms with Gasteiger partial charge in [0.25, 0.3) is 15.0 Å². The van der Waals surface area contributed by atoms with Crippen molar-refractivity contribution in [1.29, 1.82) is 0 Å². The predicted octanol–water partition coefficient (Wildman–Crippen LogP) is 3.42. The summed E-state index contributed by atoms with van der Waals surface area (Å²) in [7, 11) is 1.26. The van der Waals surface area contributed by atoms with Crippen LogP contribution in [0.4, 0.5) is 0 Å². The molecular weight excluding hydrogens is 377 g/mol. The van der Waals surface area contributed by atoms with E-state index in [4.69, 9.17) is 22.3 Å². The zero-order valence-corrected chi connectivity index (χ0v) is 14.1. The van der Waals surface area contributed by atoms with Crippen LogP contribution in [0.1, 0.15) is 24.2 Å². The Kier molecular flexibility index (Phi) is 5.67. The molecule has 0 saturated heterocycles. The molecule has 1 amide bonds. The van der Waals surface area contributed by atoms with Crippen molar-refractivity contribution in [2.45, 2.75) is 18.7 Å². The third-order valence-electron chi connectivity index (χ3n) is 2.18. The molecule has 0 aliphatic carbocycles. The van der Waals surface area contributed by atoms with Crippen molar-refractivity contribution in [2.24, 2.45) is 5.92 Å². The van der Waals surface area contributed by atoms with Crippen molar-refractivity contribution < 1.29 is 13.2 Å². The second-order valence-corrected chi connectivity index (χ2v) is 8.14. The van der Waals surface area contributed by atoms with Gasteiger partial charge in [-0.15, -0.1) is 0 Å². The Morgan fingerprint density at radius 1 is 1.42 bits per heavy atom. The number of hydrogen-bond donors (Lipinski definition) is 1. The quantitative estimate of drug-likeness (QED) is 0.803. The summed E-state index contributed by atoms with van der Waals surface area (Å²) >= 11 is 9.06. The molecule has 0 aliphatic rings. The summed E-state index contributed by atoms with van der Waals surface area (Å²) < 4.78 is 23.2. The van der Waals surface area contributed by atoms with Crippen LogP contribution in [-0.4, -0.2) is 20.9 Å². The largest absolute Gasteiger partial charge is 0.352 e. The molecule has 0 aromatic heterocycles. The fraction of sp³-hybridized carbons (Fsp3) is 0.364. The highest BCUT2D eigenvalue weighted by Gasteiger charge is 2.22. The molecule has 1 N–H and O–H groups in total. The van der Waals surface area contributed by atoms with E-state index in [1.54, 1.807) is 0 Å². The highest BCUT2D eigenvalue weighted by atomic mass is 79.9. The van der Waals surface area contributed by atoms with Gasteiger partial charge in [0, 0.05) is 21.7 Å². The van der Waals surface area contributed by atoms with Gasteiger partial charge in [0.2, 0.25) is 0 Å². The van der Waals surface area contributed by atoms with Gasteiger partial charge in [-0.25, -0.2) is 8.42 Å². The molecule has 0 fully saturated rings. The van der Waals surface area contributed by atoms with Gasteiger partial charge >= 0.3 is 0 Å². The molecule has 0 unspecified atom stereocenters. The van der Waals surface area contributed by atoms with Crippen LogP contribution in [-0.2, 0) is 9.05 Å². The van der Waals surface area contributed by atoms with Gasteiger partial charge in [-0.3, -0.25) is 4.79 Å². The van der Waals surface area contributed by atoms with Crippen molar-refractivity contribution in [3.8, 4) is 0 Å². The minimum Gasteiger partial charge on any atom is -0.352 e. The fourth-order valence-electron chi connectivity index (χ4n) is 1.30. The SMILES string of the molecule is CC(C)CNC(=O)c1cc(Br)cc(S(=O)(=O)Cl)c1Cl. The zero-order chi connectivity index (χ0) is 14.8. The lowest BCUT2D eigenvalue weighted by molar-refractivity contribution is 0.0949. The molecule has 0 bridgehead atoms.